The number of alkyl halides is 3. The van der Waals surface area contributed by atoms with Crippen LogP contribution in [0.15, 0.2) is 24.7 Å². The van der Waals surface area contributed by atoms with E-state index in [1.807, 2.05) is 16.5 Å². The third kappa shape index (κ3) is 4.13. The van der Waals surface area contributed by atoms with E-state index in [4.69, 9.17) is 0 Å². The summed E-state index contributed by atoms with van der Waals surface area (Å²) < 4.78 is 42.1. The van der Waals surface area contributed by atoms with E-state index in [1.54, 1.807) is 11.2 Å². The molecule has 0 aromatic carbocycles. The Labute approximate surface area is 172 Å². The minimum Gasteiger partial charge on any atom is -0.355 e. The maximum atomic E-state index is 13.4. The van der Waals surface area contributed by atoms with Crippen LogP contribution in [0.25, 0.3) is 0 Å². The van der Waals surface area contributed by atoms with Gasteiger partial charge in [-0.05, 0) is 37.8 Å². The van der Waals surface area contributed by atoms with E-state index in [0.29, 0.717) is 32.5 Å². The third-order valence-corrected chi connectivity index (χ3v) is 6.01. The summed E-state index contributed by atoms with van der Waals surface area (Å²) in [7, 11) is 1.89. The fourth-order valence-electron chi connectivity index (χ4n) is 4.55. The number of carbonyl (C=O) groups excluding carboxylic acids is 1. The number of aromatic nitrogens is 4. The SMILES string of the molecule is Cn1cnnc1[C@@H]1CCCN(C(=O)[C@@H]2CCCN(c3ncccc3C(F)(F)F)C2)C1. The fraction of sp³-hybridized carbons (Fsp3) is 0.600. The van der Waals surface area contributed by atoms with Crippen LogP contribution >= 0.6 is 0 Å². The van der Waals surface area contributed by atoms with Crippen LogP contribution in [-0.4, -0.2) is 56.7 Å². The molecule has 2 aliphatic heterocycles. The number of hydrogen-bond donors (Lipinski definition) is 0. The van der Waals surface area contributed by atoms with Gasteiger partial charge in [0, 0.05) is 45.3 Å². The number of nitrogens with zero attached hydrogens (tertiary/aromatic N) is 6. The van der Waals surface area contributed by atoms with Gasteiger partial charge in [-0.2, -0.15) is 13.2 Å². The Morgan fingerprint density at radius 2 is 1.97 bits per heavy atom. The molecule has 2 aliphatic rings. The second-order valence-corrected chi connectivity index (χ2v) is 8.08. The van der Waals surface area contributed by atoms with Gasteiger partial charge in [0.2, 0.25) is 5.91 Å². The molecule has 4 heterocycles. The second kappa shape index (κ2) is 8.23. The summed E-state index contributed by atoms with van der Waals surface area (Å²) in [6, 6.07) is 2.34. The van der Waals surface area contributed by atoms with Crippen molar-refractivity contribution in [3.63, 3.8) is 0 Å². The molecule has 30 heavy (non-hydrogen) atoms. The predicted molar refractivity (Wildman–Crippen MR) is 104 cm³/mol. The Morgan fingerprint density at radius 1 is 1.17 bits per heavy atom. The summed E-state index contributed by atoms with van der Waals surface area (Å²) in [4.78, 5) is 20.7. The molecule has 0 unspecified atom stereocenters. The van der Waals surface area contributed by atoms with Gasteiger partial charge in [0.15, 0.2) is 0 Å². The average Bonchev–Trinajstić information content (AvgIpc) is 3.19. The van der Waals surface area contributed by atoms with E-state index in [2.05, 4.69) is 15.2 Å². The van der Waals surface area contributed by atoms with Crippen molar-refractivity contribution in [3.8, 4) is 0 Å². The van der Waals surface area contributed by atoms with Crippen molar-refractivity contribution < 1.29 is 18.0 Å². The highest BCUT2D eigenvalue weighted by Gasteiger charge is 2.38. The molecule has 2 atom stereocenters. The first kappa shape index (κ1) is 20.6. The number of rotatable bonds is 3. The highest BCUT2D eigenvalue weighted by atomic mass is 19.4. The van der Waals surface area contributed by atoms with Crippen LogP contribution in [0.1, 0.15) is 43.0 Å². The van der Waals surface area contributed by atoms with E-state index in [1.165, 1.54) is 12.3 Å². The van der Waals surface area contributed by atoms with Crippen LogP contribution < -0.4 is 4.90 Å². The normalized spacial score (nSPS) is 22.9. The van der Waals surface area contributed by atoms with Crippen LogP contribution in [0, 0.1) is 5.92 Å². The molecule has 0 aliphatic carbocycles. The Hall–Kier alpha value is -2.65. The summed E-state index contributed by atoms with van der Waals surface area (Å²) >= 11 is 0. The molecule has 0 radical (unpaired) electrons. The molecule has 7 nitrogen and oxygen atoms in total. The monoisotopic (exact) mass is 422 g/mol. The molecule has 4 rings (SSSR count). The Kier molecular flexibility index (Phi) is 5.66. The minimum absolute atomic E-state index is 0.0102. The molecule has 1 amide bonds. The van der Waals surface area contributed by atoms with Crippen molar-refractivity contribution in [1.29, 1.82) is 0 Å². The lowest BCUT2D eigenvalue weighted by Gasteiger charge is -2.38. The zero-order chi connectivity index (χ0) is 21.3. The lowest BCUT2D eigenvalue weighted by molar-refractivity contribution is -0.137. The molecule has 0 spiro atoms. The smallest absolute Gasteiger partial charge is 0.355 e. The molecule has 2 aromatic heterocycles. The topological polar surface area (TPSA) is 67.2 Å². The molecular formula is C20H25F3N6O. The van der Waals surface area contributed by atoms with Gasteiger partial charge in [-0.25, -0.2) is 4.98 Å². The van der Waals surface area contributed by atoms with E-state index in [9.17, 15) is 18.0 Å². The van der Waals surface area contributed by atoms with E-state index in [0.717, 1.165) is 24.7 Å². The van der Waals surface area contributed by atoms with Crippen molar-refractivity contribution in [1.82, 2.24) is 24.6 Å². The van der Waals surface area contributed by atoms with Crippen LogP contribution in [0.2, 0.25) is 0 Å². The maximum Gasteiger partial charge on any atom is 0.419 e. The number of likely N-dealkylation sites (tertiary alicyclic amines) is 1. The number of carbonyl (C=O) groups is 1. The number of pyridine rings is 1. The van der Waals surface area contributed by atoms with Crippen LogP contribution in [-0.2, 0) is 18.0 Å². The first-order valence-electron chi connectivity index (χ1n) is 10.2. The van der Waals surface area contributed by atoms with Crippen molar-refractivity contribution in [2.24, 2.45) is 13.0 Å². The van der Waals surface area contributed by atoms with Crippen molar-refractivity contribution >= 4 is 11.7 Å². The Bertz CT molecular complexity index is 899. The summed E-state index contributed by atoms with van der Waals surface area (Å²) in [6.07, 6.45) is 1.69. The number of amides is 1. The number of halogens is 3. The van der Waals surface area contributed by atoms with E-state index >= 15 is 0 Å². The van der Waals surface area contributed by atoms with Crippen molar-refractivity contribution in [2.75, 3.05) is 31.1 Å². The van der Waals surface area contributed by atoms with Gasteiger partial charge in [-0.15, -0.1) is 10.2 Å². The molecule has 2 aromatic rings. The molecule has 2 fully saturated rings. The van der Waals surface area contributed by atoms with Gasteiger partial charge in [0.05, 0.1) is 11.5 Å². The standard InChI is InChI=1S/C20H25F3N6O/c1-27-13-25-26-17(27)14-5-3-10-29(11-14)19(30)15-6-4-9-28(12-15)18-16(20(21,22)23)7-2-8-24-18/h2,7-8,13-15H,3-6,9-12H2,1H3/t14-,15-/m1/s1. The number of anilines is 1. The van der Waals surface area contributed by atoms with Gasteiger partial charge >= 0.3 is 6.18 Å². The second-order valence-electron chi connectivity index (χ2n) is 8.08. The zero-order valence-electron chi connectivity index (χ0n) is 16.8. The van der Waals surface area contributed by atoms with Gasteiger partial charge < -0.3 is 14.4 Å². The first-order valence-corrected chi connectivity index (χ1v) is 10.2. The van der Waals surface area contributed by atoms with E-state index < -0.39 is 11.7 Å². The van der Waals surface area contributed by atoms with Crippen LogP contribution in [0.4, 0.5) is 19.0 Å². The fourth-order valence-corrected chi connectivity index (χ4v) is 4.55. The largest absolute Gasteiger partial charge is 0.419 e. The quantitative estimate of drug-likeness (QED) is 0.761. The van der Waals surface area contributed by atoms with Gasteiger partial charge in [-0.1, -0.05) is 0 Å². The number of aryl methyl sites for hydroxylation is 1. The average molecular weight is 422 g/mol. The molecule has 162 valence electrons. The molecule has 0 N–H and O–H groups in total. The lowest BCUT2D eigenvalue weighted by atomic mass is 9.92. The molecule has 0 saturated carbocycles. The summed E-state index contributed by atoms with van der Waals surface area (Å²) in [5.41, 5.74) is -0.751. The molecule has 10 heteroatoms. The van der Waals surface area contributed by atoms with Gasteiger partial charge in [0.25, 0.3) is 0 Å². The lowest BCUT2D eigenvalue weighted by Crippen LogP contribution is -2.48. The van der Waals surface area contributed by atoms with E-state index in [-0.39, 0.29) is 30.1 Å². The minimum atomic E-state index is -4.48. The Morgan fingerprint density at radius 3 is 2.70 bits per heavy atom. The first-order chi connectivity index (χ1) is 14.3. The maximum absolute atomic E-state index is 13.4. The summed E-state index contributed by atoms with van der Waals surface area (Å²) in [5.74, 6) is 0.581. The highest BCUT2D eigenvalue weighted by molar-refractivity contribution is 5.80. The van der Waals surface area contributed by atoms with Crippen LogP contribution in [0.5, 0.6) is 0 Å². The van der Waals surface area contributed by atoms with Crippen LogP contribution in [0.3, 0.4) is 0 Å². The predicted octanol–water partition coefficient (Wildman–Crippen LogP) is 2.85. The van der Waals surface area contributed by atoms with Crippen molar-refractivity contribution in [3.05, 3.63) is 36.0 Å². The Balaban J connectivity index is 1.47. The van der Waals surface area contributed by atoms with Gasteiger partial charge in [-0.3, -0.25) is 4.79 Å². The number of piperidine rings is 2. The van der Waals surface area contributed by atoms with Crippen molar-refractivity contribution in [2.45, 2.75) is 37.8 Å². The molecule has 0 bridgehead atoms. The highest BCUT2D eigenvalue weighted by Crippen LogP contribution is 2.37. The van der Waals surface area contributed by atoms with Gasteiger partial charge in [0.1, 0.15) is 18.0 Å². The summed E-state index contributed by atoms with van der Waals surface area (Å²) in [6.45, 7) is 1.95. The summed E-state index contributed by atoms with van der Waals surface area (Å²) in [5, 5.41) is 8.11. The molecule has 2 saturated heterocycles. The third-order valence-electron chi connectivity index (χ3n) is 6.01. The number of hydrogen-bond acceptors (Lipinski definition) is 5. The molecular weight excluding hydrogens is 397 g/mol. The zero-order valence-corrected chi connectivity index (χ0v) is 16.8.